The number of carbonyl (C=O) groups excluding carboxylic acids is 1. The highest BCUT2D eigenvalue weighted by molar-refractivity contribution is 5.74. The monoisotopic (exact) mass is 222 g/mol. The van der Waals surface area contributed by atoms with E-state index in [2.05, 4.69) is 0 Å². The van der Waals surface area contributed by atoms with E-state index in [1.54, 1.807) is 14.1 Å². The summed E-state index contributed by atoms with van der Waals surface area (Å²) in [4.78, 5) is 14.1. The van der Waals surface area contributed by atoms with Crippen molar-refractivity contribution in [3.05, 3.63) is 11.6 Å². The SMILES string of the molecule is CN(C)C(=O)N1CC=C(C(F)(F)F)CC1. The molecule has 1 aliphatic rings. The number of urea groups is 1. The molecule has 0 atom stereocenters. The Morgan fingerprint density at radius 1 is 1.47 bits per heavy atom. The molecule has 0 spiro atoms. The van der Waals surface area contributed by atoms with Gasteiger partial charge < -0.3 is 9.80 Å². The van der Waals surface area contributed by atoms with Crippen LogP contribution in [0, 0.1) is 0 Å². The molecular weight excluding hydrogens is 209 g/mol. The van der Waals surface area contributed by atoms with Gasteiger partial charge in [0.05, 0.1) is 0 Å². The number of hydrogen-bond donors (Lipinski definition) is 0. The third-order valence-corrected chi connectivity index (χ3v) is 2.23. The van der Waals surface area contributed by atoms with Gasteiger partial charge in [-0.3, -0.25) is 0 Å². The Balaban J connectivity index is 2.62. The van der Waals surface area contributed by atoms with E-state index < -0.39 is 11.7 Å². The van der Waals surface area contributed by atoms with E-state index >= 15 is 0 Å². The van der Waals surface area contributed by atoms with Crippen LogP contribution < -0.4 is 0 Å². The summed E-state index contributed by atoms with van der Waals surface area (Å²) in [5, 5.41) is 0. The standard InChI is InChI=1S/C9H13F3N2O/c1-13(2)8(15)14-5-3-7(4-6-14)9(10,11)12/h3H,4-6H2,1-2H3. The lowest BCUT2D eigenvalue weighted by Gasteiger charge is -2.29. The van der Waals surface area contributed by atoms with Crippen molar-refractivity contribution in [1.82, 2.24) is 9.80 Å². The maximum absolute atomic E-state index is 12.2. The van der Waals surface area contributed by atoms with Crippen LogP contribution >= 0.6 is 0 Å². The molecule has 0 aromatic rings. The fourth-order valence-corrected chi connectivity index (χ4v) is 1.38. The first kappa shape index (κ1) is 11.9. The fourth-order valence-electron chi connectivity index (χ4n) is 1.38. The van der Waals surface area contributed by atoms with Crippen molar-refractivity contribution < 1.29 is 18.0 Å². The quantitative estimate of drug-likeness (QED) is 0.574. The van der Waals surface area contributed by atoms with E-state index in [1.165, 1.54) is 9.80 Å². The predicted molar refractivity (Wildman–Crippen MR) is 49.4 cm³/mol. The van der Waals surface area contributed by atoms with E-state index in [-0.39, 0.29) is 25.5 Å². The van der Waals surface area contributed by atoms with Gasteiger partial charge in [0.15, 0.2) is 0 Å². The lowest BCUT2D eigenvalue weighted by Crippen LogP contribution is -2.42. The van der Waals surface area contributed by atoms with E-state index in [0.29, 0.717) is 0 Å². The smallest absolute Gasteiger partial charge is 0.331 e. The molecule has 0 aromatic carbocycles. The number of rotatable bonds is 0. The van der Waals surface area contributed by atoms with Gasteiger partial charge in [0, 0.05) is 32.8 Å². The molecule has 0 N–H and O–H groups in total. The first-order valence-corrected chi connectivity index (χ1v) is 4.55. The average molecular weight is 222 g/mol. The molecule has 0 saturated heterocycles. The minimum absolute atomic E-state index is 0.0336. The maximum atomic E-state index is 12.2. The summed E-state index contributed by atoms with van der Waals surface area (Å²) in [5.41, 5.74) is -0.537. The second-order valence-corrected chi connectivity index (χ2v) is 3.60. The van der Waals surface area contributed by atoms with Gasteiger partial charge in [-0.15, -0.1) is 0 Å². The molecular formula is C9H13F3N2O. The van der Waals surface area contributed by atoms with Gasteiger partial charge in [-0.2, -0.15) is 13.2 Å². The van der Waals surface area contributed by atoms with E-state index in [4.69, 9.17) is 0 Å². The Kier molecular flexibility index (Phi) is 3.26. The van der Waals surface area contributed by atoms with Crippen molar-refractivity contribution in [1.29, 1.82) is 0 Å². The van der Waals surface area contributed by atoms with Crippen molar-refractivity contribution in [2.24, 2.45) is 0 Å². The molecule has 0 bridgehead atoms. The molecule has 1 aliphatic heterocycles. The molecule has 1 heterocycles. The summed E-state index contributed by atoms with van der Waals surface area (Å²) in [6.07, 6.45) is -3.30. The molecule has 2 amide bonds. The third-order valence-electron chi connectivity index (χ3n) is 2.23. The fraction of sp³-hybridized carbons (Fsp3) is 0.667. The number of carbonyl (C=O) groups is 1. The first-order chi connectivity index (χ1) is 6.82. The molecule has 0 radical (unpaired) electrons. The highest BCUT2D eigenvalue weighted by Crippen LogP contribution is 2.30. The van der Waals surface area contributed by atoms with Crippen LogP contribution in [-0.4, -0.2) is 49.2 Å². The molecule has 0 fully saturated rings. The van der Waals surface area contributed by atoms with Gasteiger partial charge in [0.2, 0.25) is 0 Å². The van der Waals surface area contributed by atoms with Crippen molar-refractivity contribution in [2.75, 3.05) is 27.2 Å². The summed E-state index contributed by atoms with van der Waals surface area (Å²) in [6.45, 7) is 0.161. The Morgan fingerprint density at radius 2 is 2.07 bits per heavy atom. The van der Waals surface area contributed by atoms with Gasteiger partial charge >= 0.3 is 12.2 Å². The van der Waals surface area contributed by atoms with Gasteiger partial charge in [-0.25, -0.2) is 4.79 Å². The van der Waals surface area contributed by atoms with Crippen LogP contribution in [0.4, 0.5) is 18.0 Å². The Hall–Kier alpha value is -1.20. The van der Waals surface area contributed by atoms with Crippen LogP contribution in [0.5, 0.6) is 0 Å². The zero-order valence-corrected chi connectivity index (χ0v) is 8.64. The summed E-state index contributed by atoms with van der Waals surface area (Å²) < 4.78 is 36.7. The van der Waals surface area contributed by atoms with Crippen molar-refractivity contribution >= 4 is 6.03 Å². The zero-order valence-electron chi connectivity index (χ0n) is 8.64. The predicted octanol–water partition coefficient (Wildman–Crippen LogP) is 1.86. The first-order valence-electron chi connectivity index (χ1n) is 4.55. The summed E-state index contributed by atoms with van der Waals surface area (Å²) in [7, 11) is 3.15. The van der Waals surface area contributed by atoms with Crippen LogP contribution in [0.25, 0.3) is 0 Å². The second-order valence-electron chi connectivity index (χ2n) is 3.60. The van der Waals surface area contributed by atoms with Crippen LogP contribution in [-0.2, 0) is 0 Å². The summed E-state index contributed by atoms with van der Waals surface area (Å²) in [5.74, 6) is 0. The van der Waals surface area contributed by atoms with Crippen LogP contribution in [0.3, 0.4) is 0 Å². The summed E-state index contributed by atoms with van der Waals surface area (Å²) in [6, 6.07) is -0.257. The molecule has 0 saturated carbocycles. The van der Waals surface area contributed by atoms with Gasteiger partial charge in [-0.05, 0) is 6.42 Å². The minimum atomic E-state index is -4.26. The highest BCUT2D eigenvalue weighted by Gasteiger charge is 2.35. The van der Waals surface area contributed by atoms with Crippen molar-refractivity contribution in [2.45, 2.75) is 12.6 Å². The Labute approximate surface area is 86.1 Å². The molecule has 86 valence electrons. The second kappa shape index (κ2) is 4.12. The van der Waals surface area contributed by atoms with Crippen molar-refractivity contribution in [3.63, 3.8) is 0 Å². The lowest BCUT2D eigenvalue weighted by molar-refractivity contribution is -0.0957. The van der Waals surface area contributed by atoms with E-state index in [1.807, 2.05) is 0 Å². The molecule has 15 heavy (non-hydrogen) atoms. The number of nitrogens with zero attached hydrogens (tertiary/aromatic N) is 2. The number of amides is 2. The number of halogens is 3. The molecule has 1 rings (SSSR count). The van der Waals surface area contributed by atoms with Gasteiger partial charge in [0.1, 0.15) is 0 Å². The van der Waals surface area contributed by atoms with Gasteiger partial charge in [-0.1, -0.05) is 6.08 Å². The Bertz CT molecular complexity index is 284. The third kappa shape index (κ3) is 2.87. The van der Waals surface area contributed by atoms with Crippen LogP contribution in [0.2, 0.25) is 0 Å². The molecule has 3 nitrogen and oxygen atoms in total. The average Bonchev–Trinajstić information content (AvgIpc) is 2.15. The van der Waals surface area contributed by atoms with E-state index in [0.717, 1.165) is 6.08 Å². The number of hydrogen-bond acceptors (Lipinski definition) is 1. The van der Waals surface area contributed by atoms with Gasteiger partial charge in [0.25, 0.3) is 0 Å². The van der Waals surface area contributed by atoms with Crippen LogP contribution in [0.1, 0.15) is 6.42 Å². The minimum Gasteiger partial charge on any atom is -0.331 e. The molecule has 6 heteroatoms. The number of alkyl halides is 3. The highest BCUT2D eigenvalue weighted by atomic mass is 19.4. The zero-order chi connectivity index (χ0) is 11.6. The topological polar surface area (TPSA) is 23.6 Å². The molecule has 0 aromatic heterocycles. The van der Waals surface area contributed by atoms with E-state index in [9.17, 15) is 18.0 Å². The normalized spacial score (nSPS) is 17.4. The molecule has 0 unspecified atom stereocenters. The lowest BCUT2D eigenvalue weighted by atomic mass is 10.1. The Morgan fingerprint density at radius 3 is 2.40 bits per heavy atom. The maximum Gasteiger partial charge on any atom is 0.412 e. The largest absolute Gasteiger partial charge is 0.412 e. The summed E-state index contributed by atoms with van der Waals surface area (Å²) >= 11 is 0. The molecule has 0 aliphatic carbocycles. The van der Waals surface area contributed by atoms with Crippen molar-refractivity contribution in [3.8, 4) is 0 Å². The van der Waals surface area contributed by atoms with Crippen LogP contribution in [0.15, 0.2) is 11.6 Å².